The Balaban J connectivity index is 1.82. The summed E-state index contributed by atoms with van der Waals surface area (Å²) in [6.45, 7) is 3.76. The predicted octanol–water partition coefficient (Wildman–Crippen LogP) is 2.70. The van der Waals surface area contributed by atoms with Gasteiger partial charge in [0, 0.05) is 25.5 Å². The van der Waals surface area contributed by atoms with Crippen molar-refractivity contribution in [2.75, 3.05) is 18.1 Å². The van der Waals surface area contributed by atoms with E-state index in [1.807, 2.05) is 6.07 Å². The SMILES string of the molecule is CCO[C@H]1CCN(c2ncccn2)[C@H]1Cc1ccccc1. The van der Waals surface area contributed by atoms with Gasteiger partial charge in [-0.05, 0) is 31.4 Å². The van der Waals surface area contributed by atoms with E-state index in [-0.39, 0.29) is 6.10 Å². The van der Waals surface area contributed by atoms with Gasteiger partial charge in [-0.2, -0.15) is 0 Å². The molecule has 0 aliphatic carbocycles. The normalized spacial score (nSPS) is 21.7. The third-order valence-electron chi connectivity index (χ3n) is 3.96. The molecule has 0 saturated carbocycles. The topological polar surface area (TPSA) is 38.2 Å². The van der Waals surface area contributed by atoms with Crippen molar-refractivity contribution in [2.45, 2.75) is 31.9 Å². The van der Waals surface area contributed by atoms with Gasteiger partial charge in [-0.25, -0.2) is 9.97 Å². The molecule has 110 valence electrons. The first-order valence-electron chi connectivity index (χ1n) is 7.57. The van der Waals surface area contributed by atoms with Gasteiger partial charge in [0.2, 0.25) is 5.95 Å². The van der Waals surface area contributed by atoms with Gasteiger partial charge in [-0.15, -0.1) is 0 Å². The molecule has 1 aliphatic rings. The van der Waals surface area contributed by atoms with Gasteiger partial charge in [0.15, 0.2) is 0 Å². The number of hydrogen-bond donors (Lipinski definition) is 0. The van der Waals surface area contributed by atoms with Crippen LogP contribution in [0.25, 0.3) is 0 Å². The van der Waals surface area contributed by atoms with E-state index in [0.29, 0.717) is 6.04 Å². The molecule has 0 unspecified atom stereocenters. The fourth-order valence-electron chi connectivity index (χ4n) is 3.02. The molecule has 2 atom stereocenters. The van der Waals surface area contributed by atoms with Crippen LogP contribution in [-0.2, 0) is 11.2 Å². The number of anilines is 1. The summed E-state index contributed by atoms with van der Waals surface area (Å²) >= 11 is 0. The maximum Gasteiger partial charge on any atom is 0.225 e. The van der Waals surface area contributed by atoms with Gasteiger partial charge in [0.05, 0.1) is 12.1 Å². The van der Waals surface area contributed by atoms with Gasteiger partial charge >= 0.3 is 0 Å². The summed E-state index contributed by atoms with van der Waals surface area (Å²) in [6, 6.07) is 12.7. The lowest BCUT2D eigenvalue weighted by molar-refractivity contribution is 0.0570. The summed E-state index contributed by atoms with van der Waals surface area (Å²) in [5.41, 5.74) is 1.33. The second kappa shape index (κ2) is 6.68. The molecule has 0 spiro atoms. The number of benzene rings is 1. The lowest BCUT2D eigenvalue weighted by Gasteiger charge is -2.28. The van der Waals surface area contributed by atoms with Gasteiger partial charge in [-0.1, -0.05) is 30.3 Å². The van der Waals surface area contributed by atoms with Crippen molar-refractivity contribution in [1.82, 2.24) is 9.97 Å². The van der Waals surface area contributed by atoms with Gasteiger partial charge in [0.1, 0.15) is 0 Å². The second-order valence-electron chi connectivity index (χ2n) is 5.28. The molecule has 1 fully saturated rings. The first-order chi connectivity index (χ1) is 10.4. The van der Waals surface area contributed by atoms with Crippen LogP contribution in [0, 0.1) is 0 Å². The maximum atomic E-state index is 5.94. The van der Waals surface area contributed by atoms with Crippen molar-refractivity contribution in [3.63, 3.8) is 0 Å². The van der Waals surface area contributed by atoms with Crippen LogP contribution in [0.2, 0.25) is 0 Å². The minimum absolute atomic E-state index is 0.249. The van der Waals surface area contributed by atoms with Crippen molar-refractivity contribution in [1.29, 1.82) is 0 Å². The summed E-state index contributed by atoms with van der Waals surface area (Å²) < 4.78 is 5.94. The van der Waals surface area contributed by atoms with Crippen LogP contribution >= 0.6 is 0 Å². The van der Waals surface area contributed by atoms with Gasteiger partial charge in [0.25, 0.3) is 0 Å². The van der Waals surface area contributed by atoms with E-state index in [2.05, 4.69) is 52.1 Å². The maximum absolute atomic E-state index is 5.94. The van der Waals surface area contributed by atoms with Gasteiger partial charge in [-0.3, -0.25) is 0 Å². The average Bonchev–Trinajstić information content (AvgIpc) is 2.92. The van der Waals surface area contributed by atoms with Crippen LogP contribution in [0.15, 0.2) is 48.8 Å². The molecule has 1 saturated heterocycles. The zero-order valence-electron chi connectivity index (χ0n) is 12.4. The summed E-state index contributed by atoms with van der Waals surface area (Å²) in [6.07, 6.45) is 5.85. The van der Waals surface area contributed by atoms with E-state index < -0.39 is 0 Å². The summed E-state index contributed by atoms with van der Waals surface area (Å²) in [4.78, 5) is 11.1. The predicted molar refractivity (Wildman–Crippen MR) is 83.3 cm³/mol. The Morgan fingerprint density at radius 3 is 2.62 bits per heavy atom. The molecule has 1 aromatic carbocycles. The van der Waals surface area contributed by atoms with Crippen molar-refractivity contribution < 1.29 is 4.74 Å². The second-order valence-corrected chi connectivity index (χ2v) is 5.28. The van der Waals surface area contributed by atoms with Crippen LogP contribution in [0.3, 0.4) is 0 Å². The molecular formula is C17H21N3O. The summed E-state index contributed by atoms with van der Waals surface area (Å²) in [7, 11) is 0. The van der Waals surface area contributed by atoms with E-state index in [1.54, 1.807) is 12.4 Å². The fourth-order valence-corrected chi connectivity index (χ4v) is 3.02. The molecule has 0 amide bonds. The van der Waals surface area contributed by atoms with E-state index in [4.69, 9.17) is 4.74 Å². The van der Waals surface area contributed by atoms with Crippen molar-refractivity contribution in [2.24, 2.45) is 0 Å². The summed E-state index contributed by atoms with van der Waals surface area (Å²) in [5.74, 6) is 0.806. The highest BCUT2D eigenvalue weighted by Gasteiger charge is 2.36. The van der Waals surface area contributed by atoms with E-state index >= 15 is 0 Å². The lowest BCUT2D eigenvalue weighted by Crippen LogP contribution is -2.39. The molecule has 0 N–H and O–H groups in total. The Bertz CT molecular complexity index is 546. The van der Waals surface area contributed by atoms with E-state index in [0.717, 1.165) is 31.9 Å². The molecule has 0 bridgehead atoms. The molecule has 4 heteroatoms. The Morgan fingerprint density at radius 2 is 1.90 bits per heavy atom. The standard InChI is InChI=1S/C17H21N3O/c1-2-21-16-9-12-20(17-18-10-6-11-19-17)15(16)13-14-7-4-3-5-8-14/h3-8,10-11,15-16H,2,9,12-13H2,1H3/t15-,16-/m0/s1. The Hall–Kier alpha value is -1.94. The monoisotopic (exact) mass is 283 g/mol. The highest BCUT2D eigenvalue weighted by molar-refractivity contribution is 5.35. The summed E-state index contributed by atoms with van der Waals surface area (Å²) in [5, 5.41) is 0. The molecule has 1 aromatic heterocycles. The Morgan fingerprint density at radius 1 is 1.14 bits per heavy atom. The Labute approximate surface area is 125 Å². The molecule has 1 aliphatic heterocycles. The fraction of sp³-hybridized carbons (Fsp3) is 0.412. The molecule has 2 heterocycles. The third-order valence-corrected chi connectivity index (χ3v) is 3.96. The smallest absolute Gasteiger partial charge is 0.225 e. The van der Waals surface area contributed by atoms with Crippen LogP contribution in [0.1, 0.15) is 18.9 Å². The molecule has 21 heavy (non-hydrogen) atoms. The molecule has 0 radical (unpaired) electrons. The van der Waals surface area contributed by atoms with Crippen molar-refractivity contribution in [3.05, 3.63) is 54.4 Å². The zero-order valence-corrected chi connectivity index (χ0v) is 12.4. The van der Waals surface area contributed by atoms with Gasteiger partial charge < -0.3 is 9.64 Å². The van der Waals surface area contributed by atoms with Crippen LogP contribution < -0.4 is 4.90 Å². The highest BCUT2D eigenvalue weighted by atomic mass is 16.5. The average molecular weight is 283 g/mol. The number of nitrogens with zero attached hydrogens (tertiary/aromatic N) is 3. The number of ether oxygens (including phenoxy) is 1. The minimum Gasteiger partial charge on any atom is -0.376 e. The molecular weight excluding hydrogens is 262 g/mol. The number of aromatic nitrogens is 2. The van der Waals surface area contributed by atoms with E-state index in [1.165, 1.54) is 5.56 Å². The number of hydrogen-bond acceptors (Lipinski definition) is 4. The first-order valence-corrected chi connectivity index (χ1v) is 7.57. The van der Waals surface area contributed by atoms with Crippen LogP contribution in [-0.4, -0.2) is 35.3 Å². The van der Waals surface area contributed by atoms with Crippen LogP contribution in [0.4, 0.5) is 5.95 Å². The largest absolute Gasteiger partial charge is 0.376 e. The zero-order chi connectivity index (χ0) is 14.5. The van der Waals surface area contributed by atoms with Crippen molar-refractivity contribution >= 4 is 5.95 Å². The third kappa shape index (κ3) is 3.22. The quantitative estimate of drug-likeness (QED) is 0.845. The molecule has 4 nitrogen and oxygen atoms in total. The van der Waals surface area contributed by atoms with Crippen molar-refractivity contribution in [3.8, 4) is 0 Å². The Kier molecular flexibility index (Phi) is 4.46. The van der Waals surface area contributed by atoms with Crippen LogP contribution in [0.5, 0.6) is 0 Å². The first kappa shape index (κ1) is 14.0. The lowest BCUT2D eigenvalue weighted by atomic mass is 10.0. The highest BCUT2D eigenvalue weighted by Crippen LogP contribution is 2.27. The molecule has 2 aromatic rings. The minimum atomic E-state index is 0.249. The molecule has 3 rings (SSSR count). The number of rotatable bonds is 5. The van der Waals surface area contributed by atoms with E-state index in [9.17, 15) is 0 Å².